The quantitative estimate of drug-likeness (QED) is 0.836. The second-order valence-electron chi connectivity index (χ2n) is 4.53. The van der Waals surface area contributed by atoms with Crippen molar-refractivity contribution in [3.8, 4) is 17.2 Å². The number of aliphatic hydroxyl groups is 1. The predicted octanol–water partition coefficient (Wildman–Crippen LogP) is 3.46. The van der Waals surface area contributed by atoms with E-state index in [2.05, 4.69) is 21.2 Å². The molecule has 0 bridgehead atoms. The Bertz CT molecular complexity index is 616. The number of rotatable bonds is 6. The zero-order valence-corrected chi connectivity index (χ0v) is 13.6. The maximum atomic E-state index is 9.15. The lowest BCUT2D eigenvalue weighted by Gasteiger charge is -2.12. The van der Waals surface area contributed by atoms with E-state index in [1.165, 1.54) is 0 Å². The first-order chi connectivity index (χ1) is 10.2. The molecule has 0 radical (unpaired) electrons. The third-order valence-corrected chi connectivity index (χ3v) is 3.77. The molecule has 112 valence electrons. The summed E-state index contributed by atoms with van der Waals surface area (Å²) < 4.78 is 12.1. The van der Waals surface area contributed by atoms with Crippen LogP contribution in [0.15, 0.2) is 40.9 Å². The summed E-state index contributed by atoms with van der Waals surface area (Å²) in [5, 5.41) is 12.3. The molecule has 0 aliphatic rings. The van der Waals surface area contributed by atoms with E-state index in [1.54, 1.807) is 19.2 Å². The number of aliphatic hydroxyl groups excluding tert-OH is 1. The SMILES string of the molecule is CNCc1ccc(Oc2ccc(CO)cc2OC)cc1Br. The molecule has 0 aliphatic heterocycles. The smallest absolute Gasteiger partial charge is 0.169 e. The fourth-order valence-electron chi connectivity index (χ4n) is 1.95. The van der Waals surface area contributed by atoms with E-state index < -0.39 is 0 Å². The minimum Gasteiger partial charge on any atom is -0.493 e. The summed E-state index contributed by atoms with van der Waals surface area (Å²) in [7, 11) is 3.49. The van der Waals surface area contributed by atoms with Gasteiger partial charge in [0.05, 0.1) is 13.7 Å². The summed E-state index contributed by atoms with van der Waals surface area (Å²) in [4.78, 5) is 0. The van der Waals surface area contributed by atoms with Crippen molar-refractivity contribution in [2.75, 3.05) is 14.2 Å². The number of hydrogen-bond donors (Lipinski definition) is 2. The van der Waals surface area contributed by atoms with Gasteiger partial charge in [0.2, 0.25) is 0 Å². The minimum absolute atomic E-state index is 0.0269. The molecule has 0 unspecified atom stereocenters. The Morgan fingerprint density at radius 3 is 2.57 bits per heavy atom. The maximum Gasteiger partial charge on any atom is 0.169 e. The van der Waals surface area contributed by atoms with Crippen molar-refractivity contribution in [1.82, 2.24) is 5.32 Å². The van der Waals surface area contributed by atoms with E-state index >= 15 is 0 Å². The molecule has 0 saturated carbocycles. The zero-order valence-electron chi connectivity index (χ0n) is 12.0. The Labute approximate surface area is 132 Å². The lowest BCUT2D eigenvalue weighted by Crippen LogP contribution is -2.05. The monoisotopic (exact) mass is 351 g/mol. The Kier molecular flexibility index (Phi) is 5.61. The van der Waals surface area contributed by atoms with Crippen LogP contribution in [0.5, 0.6) is 17.2 Å². The van der Waals surface area contributed by atoms with E-state index in [1.807, 2.05) is 31.3 Å². The van der Waals surface area contributed by atoms with E-state index in [-0.39, 0.29) is 6.61 Å². The minimum atomic E-state index is -0.0269. The van der Waals surface area contributed by atoms with Crippen molar-refractivity contribution in [2.45, 2.75) is 13.2 Å². The molecule has 5 heteroatoms. The Morgan fingerprint density at radius 1 is 1.14 bits per heavy atom. The summed E-state index contributed by atoms with van der Waals surface area (Å²) in [6.07, 6.45) is 0. The summed E-state index contributed by atoms with van der Waals surface area (Å²) in [5.74, 6) is 1.93. The average Bonchev–Trinajstić information content (AvgIpc) is 2.50. The van der Waals surface area contributed by atoms with Crippen LogP contribution in [-0.2, 0) is 13.2 Å². The molecular formula is C16H18BrNO3. The molecule has 2 aromatic rings. The zero-order chi connectivity index (χ0) is 15.2. The maximum absolute atomic E-state index is 9.15. The Hall–Kier alpha value is -1.56. The largest absolute Gasteiger partial charge is 0.493 e. The predicted molar refractivity (Wildman–Crippen MR) is 85.9 cm³/mol. The molecule has 2 aromatic carbocycles. The first kappa shape index (κ1) is 15.8. The highest BCUT2D eigenvalue weighted by atomic mass is 79.9. The van der Waals surface area contributed by atoms with Gasteiger partial charge in [0, 0.05) is 11.0 Å². The molecule has 0 atom stereocenters. The highest BCUT2D eigenvalue weighted by Gasteiger charge is 2.08. The molecule has 0 fully saturated rings. The fourth-order valence-corrected chi connectivity index (χ4v) is 2.44. The van der Waals surface area contributed by atoms with Crippen LogP contribution in [0.2, 0.25) is 0 Å². The van der Waals surface area contributed by atoms with E-state index in [4.69, 9.17) is 14.6 Å². The topological polar surface area (TPSA) is 50.7 Å². The average molecular weight is 352 g/mol. The van der Waals surface area contributed by atoms with Gasteiger partial charge in [-0.25, -0.2) is 0 Å². The third kappa shape index (κ3) is 3.97. The molecule has 0 aromatic heterocycles. The van der Waals surface area contributed by atoms with Gasteiger partial charge in [-0.15, -0.1) is 0 Å². The van der Waals surface area contributed by atoms with E-state index in [0.29, 0.717) is 11.5 Å². The standard InChI is InChI=1S/C16H18BrNO3/c1-18-9-12-4-5-13(8-14(12)17)21-15-6-3-11(10-19)7-16(15)20-2/h3-8,18-19H,9-10H2,1-2H3. The molecule has 4 nitrogen and oxygen atoms in total. The van der Waals surface area contributed by atoms with Crippen molar-refractivity contribution in [3.63, 3.8) is 0 Å². The normalized spacial score (nSPS) is 10.5. The van der Waals surface area contributed by atoms with Crippen LogP contribution in [-0.4, -0.2) is 19.3 Å². The van der Waals surface area contributed by atoms with Crippen molar-refractivity contribution >= 4 is 15.9 Å². The van der Waals surface area contributed by atoms with Gasteiger partial charge < -0.3 is 19.9 Å². The molecule has 0 spiro atoms. The summed E-state index contributed by atoms with van der Waals surface area (Å²) in [5.41, 5.74) is 1.94. The molecule has 0 aliphatic carbocycles. The lowest BCUT2D eigenvalue weighted by molar-refractivity contribution is 0.280. The van der Waals surface area contributed by atoms with Crippen LogP contribution >= 0.6 is 15.9 Å². The molecule has 2 rings (SSSR count). The number of methoxy groups -OCH3 is 1. The number of halogens is 1. The summed E-state index contributed by atoms with van der Waals surface area (Å²) in [6, 6.07) is 11.2. The number of ether oxygens (including phenoxy) is 2. The Morgan fingerprint density at radius 2 is 1.95 bits per heavy atom. The summed E-state index contributed by atoms with van der Waals surface area (Å²) in [6.45, 7) is 0.760. The van der Waals surface area contributed by atoms with Crippen molar-refractivity contribution < 1.29 is 14.6 Å². The van der Waals surface area contributed by atoms with Gasteiger partial charge in [0.1, 0.15) is 5.75 Å². The van der Waals surface area contributed by atoms with Crippen LogP contribution in [0.25, 0.3) is 0 Å². The number of hydrogen-bond acceptors (Lipinski definition) is 4. The van der Waals surface area contributed by atoms with Crippen LogP contribution in [0.1, 0.15) is 11.1 Å². The van der Waals surface area contributed by atoms with Crippen LogP contribution in [0.3, 0.4) is 0 Å². The highest BCUT2D eigenvalue weighted by Crippen LogP contribution is 2.34. The molecule has 2 N–H and O–H groups in total. The van der Waals surface area contributed by atoms with Gasteiger partial charge in [-0.05, 0) is 42.4 Å². The molecule has 0 amide bonds. The molecule has 21 heavy (non-hydrogen) atoms. The van der Waals surface area contributed by atoms with Crippen LogP contribution in [0, 0.1) is 0 Å². The van der Waals surface area contributed by atoms with Crippen molar-refractivity contribution in [1.29, 1.82) is 0 Å². The van der Waals surface area contributed by atoms with E-state index in [9.17, 15) is 0 Å². The highest BCUT2D eigenvalue weighted by molar-refractivity contribution is 9.10. The van der Waals surface area contributed by atoms with E-state index in [0.717, 1.165) is 27.9 Å². The van der Waals surface area contributed by atoms with Gasteiger partial charge in [-0.2, -0.15) is 0 Å². The second-order valence-corrected chi connectivity index (χ2v) is 5.38. The van der Waals surface area contributed by atoms with Gasteiger partial charge in [0.15, 0.2) is 11.5 Å². The summed E-state index contributed by atoms with van der Waals surface area (Å²) >= 11 is 3.54. The van der Waals surface area contributed by atoms with Crippen molar-refractivity contribution in [3.05, 3.63) is 52.0 Å². The molecule has 0 heterocycles. The number of nitrogens with one attached hydrogen (secondary N) is 1. The van der Waals surface area contributed by atoms with Gasteiger partial charge >= 0.3 is 0 Å². The third-order valence-electron chi connectivity index (χ3n) is 3.03. The van der Waals surface area contributed by atoms with Crippen LogP contribution in [0.4, 0.5) is 0 Å². The van der Waals surface area contributed by atoms with Gasteiger partial charge in [-0.1, -0.05) is 28.1 Å². The van der Waals surface area contributed by atoms with Gasteiger partial charge in [-0.3, -0.25) is 0 Å². The molecule has 0 saturated heterocycles. The number of benzene rings is 2. The van der Waals surface area contributed by atoms with Gasteiger partial charge in [0.25, 0.3) is 0 Å². The lowest BCUT2D eigenvalue weighted by atomic mass is 10.2. The Balaban J connectivity index is 2.23. The first-order valence-electron chi connectivity index (χ1n) is 6.56. The van der Waals surface area contributed by atoms with Crippen molar-refractivity contribution in [2.24, 2.45) is 0 Å². The first-order valence-corrected chi connectivity index (χ1v) is 7.36. The molecular weight excluding hydrogens is 334 g/mol. The fraction of sp³-hybridized carbons (Fsp3) is 0.250. The second kappa shape index (κ2) is 7.45. The van der Waals surface area contributed by atoms with Crippen LogP contribution < -0.4 is 14.8 Å².